The first kappa shape index (κ1) is 15.5. The molecule has 0 bridgehead atoms. The van der Waals surface area contributed by atoms with Crippen molar-refractivity contribution in [1.82, 2.24) is 24.9 Å². The zero-order valence-corrected chi connectivity index (χ0v) is 14.3. The van der Waals surface area contributed by atoms with Crippen LogP contribution in [-0.4, -0.2) is 57.1 Å². The van der Waals surface area contributed by atoms with Gasteiger partial charge < -0.3 is 9.64 Å². The highest BCUT2D eigenvalue weighted by atomic mass is 16.5. The summed E-state index contributed by atoms with van der Waals surface area (Å²) in [5, 5.41) is 9.65. The molecule has 5 rings (SSSR count). The van der Waals surface area contributed by atoms with E-state index in [0.29, 0.717) is 26.3 Å². The number of morpholine rings is 1. The number of benzene rings is 1. The molecule has 1 saturated heterocycles. The van der Waals surface area contributed by atoms with Crippen LogP contribution in [0.25, 0.3) is 22.2 Å². The third kappa shape index (κ3) is 2.47. The van der Waals surface area contributed by atoms with E-state index in [4.69, 9.17) is 4.74 Å². The van der Waals surface area contributed by atoms with Crippen LogP contribution in [0.1, 0.15) is 12.8 Å². The third-order valence-electron chi connectivity index (χ3n) is 5.24. The second kappa shape index (κ2) is 5.88. The fourth-order valence-electron chi connectivity index (χ4n) is 3.54. The summed E-state index contributed by atoms with van der Waals surface area (Å²) in [7, 11) is 0. The molecule has 1 amide bonds. The first-order valence-corrected chi connectivity index (χ1v) is 8.91. The zero-order chi connectivity index (χ0) is 17.6. The van der Waals surface area contributed by atoms with Crippen molar-refractivity contribution in [2.75, 3.05) is 26.3 Å². The number of hydrogen-bond acceptors (Lipinski definition) is 5. The minimum absolute atomic E-state index is 0.133. The Bertz CT molecular complexity index is 973. The SMILES string of the molecule is O=C(N1CCOCC1)C1(n2cc(-c3cnc4ccccc4c3)nn2)CC1. The van der Waals surface area contributed by atoms with Crippen LogP contribution in [0.4, 0.5) is 0 Å². The molecule has 0 N–H and O–H groups in total. The highest BCUT2D eigenvalue weighted by molar-refractivity contribution is 5.87. The Morgan fingerprint density at radius 2 is 1.96 bits per heavy atom. The van der Waals surface area contributed by atoms with Crippen LogP contribution in [0.15, 0.2) is 42.7 Å². The monoisotopic (exact) mass is 349 g/mol. The number of hydrogen-bond donors (Lipinski definition) is 0. The van der Waals surface area contributed by atoms with Gasteiger partial charge in [0, 0.05) is 30.2 Å². The molecule has 7 heteroatoms. The second-order valence-corrected chi connectivity index (χ2v) is 6.90. The first-order valence-electron chi connectivity index (χ1n) is 8.91. The molecule has 2 aromatic heterocycles. The molecule has 2 fully saturated rings. The highest BCUT2D eigenvalue weighted by Crippen LogP contribution is 2.45. The van der Waals surface area contributed by atoms with Crippen molar-refractivity contribution in [2.24, 2.45) is 0 Å². The molecule has 0 spiro atoms. The number of ether oxygens (including phenoxy) is 1. The molecule has 1 saturated carbocycles. The average molecular weight is 349 g/mol. The van der Waals surface area contributed by atoms with Crippen LogP contribution in [0, 0.1) is 0 Å². The molecule has 7 nitrogen and oxygen atoms in total. The summed E-state index contributed by atoms with van der Waals surface area (Å²) in [6, 6.07) is 10.0. The Morgan fingerprint density at radius 3 is 2.77 bits per heavy atom. The first-order chi connectivity index (χ1) is 12.8. The van der Waals surface area contributed by atoms with Crippen molar-refractivity contribution < 1.29 is 9.53 Å². The predicted molar refractivity (Wildman–Crippen MR) is 95.4 cm³/mol. The molecule has 0 atom stereocenters. The maximum absolute atomic E-state index is 13.0. The molecule has 1 aliphatic heterocycles. The summed E-state index contributed by atoms with van der Waals surface area (Å²) in [5.74, 6) is 0.133. The van der Waals surface area contributed by atoms with E-state index in [1.807, 2.05) is 35.4 Å². The lowest BCUT2D eigenvalue weighted by atomic mass is 10.1. The molecule has 0 unspecified atom stereocenters. The number of carbonyl (C=O) groups is 1. The maximum atomic E-state index is 13.0. The number of nitrogens with zero attached hydrogens (tertiary/aromatic N) is 5. The quantitative estimate of drug-likeness (QED) is 0.721. The predicted octanol–water partition coefficient (Wildman–Crippen LogP) is 1.84. The minimum Gasteiger partial charge on any atom is -0.378 e. The van der Waals surface area contributed by atoms with Crippen LogP contribution in [0.3, 0.4) is 0 Å². The molecule has 0 radical (unpaired) electrons. The van der Waals surface area contributed by atoms with Gasteiger partial charge in [-0.25, -0.2) is 4.68 Å². The van der Waals surface area contributed by atoms with Gasteiger partial charge in [0.2, 0.25) is 0 Å². The van der Waals surface area contributed by atoms with Crippen molar-refractivity contribution in [2.45, 2.75) is 18.4 Å². The number of carbonyl (C=O) groups excluding carboxylic acids is 1. The van der Waals surface area contributed by atoms with Crippen molar-refractivity contribution in [1.29, 1.82) is 0 Å². The third-order valence-corrected chi connectivity index (χ3v) is 5.24. The number of rotatable bonds is 3. The Hall–Kier alpha value is -2.80. The summed E-state index contributed by atoms with van der Waals surface area (Å²) >= 11 is 0. The Morgan fingerprint density at radius 1 is 1.15 bits per heavy atom. The summed E-state index contributed by atoms with van der Waals surface area (Å²) in [5.41, 5.74) is 2.03. The van der Waals surface area contributed by atoms with Gasteiger partial charge in [-0.2, -0.15) is 0 Å². The maximum Gasteiger partial charge on any atom is 0.250 e. The van der Waals surface area contributed by atoms with Gasteiger partial charge in [-0.1, -0.05) is 23.4 Å². The number of para-hydroxylation sites is 1. The smallest absolute Gasteiger partial charge is 0.250 e. The van der Waals surface area contributed by atoms with E-state index in [1.165, 1.54) is 0 Å². The van der Waals surface area contributed by atoms with Gasteiger partial charge in [-0.05, 0) is 25.0 Å². The minimum atomic E-state index is -0.563. The van der Waals surface area contributed by atoms with Gasteiger partial charge in [0.1, 0.15) is 11.2 Å². The molecule has 2 aliphatic rings. The molecule has 3 aromatic rings. The zero-order valence-electron chi connectivity index (χ0n) is 14.3. The Balaban J connectivity index is 1.44. The second-order valence-electron chi connectivity index (χ2n) is 6.90. The van der Waals surface area contributed by atoms with E-state index < -0.39 is 5.54 Å². The van der Waals surface area contributed by atoms with Crippen molar-refractivity contribution >= 4 is 16.8 Å². The molecule has 26 heavy (non-hydrogen) atoms. The topological polar surface area (TPSA) is 73.1 Å². The van der Waals surface area contributed by atoms with Crippen LogP contribution in [0.2, 0.25) is 0 Å². The lowest BCUT2D eigenvalue weighted by Crippen LogP contribution is -2.47. The van der Waals surface area contributed by atoms with Gasteiger partial charge in [0.25, 0.3) is 5.91 Å². The summed E-state index contributed by atoms with van der Waals surface area (Å²) in [4.78, 5) is 19.3. The van der Waals surface area contributed by atoms with Crippen molar-refractivity contribution in [3.63, 3.8) is 0 Å². The van der Waals surface area contributed by atoms with E-state index in [1.54, 1.807) is 10.9 Å². The van der Waals surface area contributed by atoms with E-state index in [2.05, 4.69) is 21.4 Å². The summed E-state index contributed by atoms with van der Waals surface area (Å²) in [6.07, 6.45) is 5.29. The highest BCUT2D eigenvalue weighted by Gasteiger charge is 2.54. The van der Waals surface area contributed by atoms with Gasteiger partial charge >= 0.3 is 0 Å². The Kier molecular flexibility index (Phi) is 3.49. The molecule has 3 heterocycles. The molecular formula is C19H19N5O2. The molecular weight excluding hydrogens is 330 g/mol. The fraction of sp³-hybridized carbons (Fsp3) is 0.368. The molecule has 1 aromatic carbocycles. The van der Waals surface area contributed by atoms with Gasteiger partial charge in [-0.3, -0.25) is 9.78 Å². The van der Waals surface area contributed by atoms with Crippen molar-refractivity contribution in [3.05, 3.63) is 42.7 Å². The number of aromatic nitrogens is 4. The van der Waals surface area contributed by atoms with E-state index in [0.717, 1.165) is 35.0 Å². The van der Waals surface area contributed by atoms with Crippen LogP contribution in [0.5, 0.6) is 0 Å². The van der Waals surface area contributed by atoms with Crippen LogP contribution < -0.4 is 0 Å². The van der Waals surface area contributed by atoms with Gasteiger partial charge in [0.15, 0.2) is 0 Å². The van der Waals surface area contributed by atoms with E-state index in [9.17, 15) is 4.79 Å². The number of pyridine rings is 1. The average Bonchev–Trinajstić information content (AvgIpc) is 3.37. The standard InChI is InChI=1S/C19H19N5O2/c25-18(23-7-9-26-10-8-23)19(5-6-19)24-13-17(21-22-24)15-11-14-3-1-2-4-16(14)20-12-15/h1-4,11-13H,5-10H2. The van der Waals surface area contributed by atoms with E-state index >= 15 is 0 Å². The lowest BCUT2D eigenvalue weighted by molar-refractivity contribution is -0.140. The van der Waals surface area contributed by atoms with Crippen molar-refractivity contribution in [3.8, 4) is 11.3 Å². The van der Waals surface area contributed by atoms with Gasteiger partial charge in [-0.15, -0.1) is 5.10 Å². The lowest BCUT2D eigenvalue weighted by Gasteiger charge is -2.30. The largest absolute Gasteiger partial charge is 0.378 e. The normalized spacial score (nSPS) is 18.8. The van der Waals surface area contributed by atoms with Crippen LogP contribution in [-0.2, 0) is 15.1 Å². The summed E-state index contributed by atoms with van der Waals surface area (Å²) in [6.45, 7) is 2.51. The number of fused-ring (bicyclic) bond motifs is 1. The summed E-state index contributed by atoms with van der Waals surface area (Å²) < 4.78 is 7.10. The van der Waals surface area contributed by atoms with E-state index in [-0.39, 0.29) is 5.91 Å². The molecule has 1 aliphatic carbocycles. The fourth-order valence-corrected chi connectivity index (χ4v) is 3.54. The number of amides is 1. The van der Waals surface area contributed by atoms with Gasteiger partial charge in [0.05, 0.1) is 24.9 Å². The molecule has 132 valence electrons. The van der Waals surface area contributed by atoms with Crippen LogP contribution >= 0.6 is 0 Å². The Labute approximate surface area is 150 Å².